The molecule has 11 heteroatoms. The molecule has 11 nitrogen and oxygen atoms in total. The molecular weight excluding hydrogens is 588 g/mol. The van der Waals surface area contributed by atoms with E-state index in [0.717, 1.165) is 10.1 Å². The molecule has 0 fully saturated rings. The van der Waals surface area contributed by atoms with E-state index in [0.29, 0.717) is 57.9 Å². The largest absolute Gasteiger partial charge is 0.497 e. The molecule has 236 valence electrons. The van der Waals surface area contributed by atoms with Gasteiger partial charge < -0.3 is 24.8 Å². The summed E-state index contributed by atoms with van der Waals surface area (Å²) in [6, 6.07) is 25.8. The number of anilines is 1. The summed E-state index contributed by atoms with van der Waals surface area (Å²) < 4.78 is 18.1. The van der Waals surface area contributed by atoms with E-state index in [9.17, 15) is 19.2 Å². The standard InChI is InChI=1S/C35H34N4O7/c1-44-27-15-13-26(14-16-27)37-32(40)22-38-29-7-5-4-6-28(29)34(42)39(35(38)43)21-24-8-11-25(12-9-24)33(41)36-19-18-23-10-17-30(45-2)31(20-23)46-3/h4-17,20H,18-19,21-22H2,1-3H3,(H,36,41)(H,37,40). The molecule has 46 heavy (non-hydrogen) atoms. The summed E-state index contributed by atoms with van der Waals surface area (Å²) >= 11 is 0. The molecule has 5 rings (SSSR count). The van der Waals surface area contributed by atoms with Crippen molar-refractivity contribution < 1.29 is 23.8 Å². The molecular formula is C35H34N4O7. The van der Waals surface area contributed by atoms with Gasteiger partial charge in [-0.05, 0) is 78.2 Å². The Morgan fingerprint density at radius 1 is 0.739 bits per heavy atom. The van der Waals surface area contributed by atoms with Gasteiger partial charge in [-0.1, -0.05) is 30.3 Å². The highest BCUT2D eigenvalue weighted by Crippen LogP contribution is 2.27. The maximum absolute atomic E-state index is 13.6. The third-order valence-electron chi connectivity index (χ3n) is 7.51. The molecule has 0 aliphatic rings. The van der Waals surface area contributed by atoms with E-state index in [1.54, 1.807) is 94.1 Å². The fourth-order valence-corrected chi connectivity index (χ4v) is 5.08. The van der Waals surface area contributed by atoms with Crippen molar-refractivity contribution >= 4 is 28.4 Å². The first-order valence-electron chi connectivity index (χ1n) is 14.6. The molecule has 2 N–H and O–H groups in total. The van der Waals surface area contributed by atoms with Crippen LogP contribution in [0.5, 0.6) is 17.2 Å². The molecule has 0 saturated carbocycles. The number of amides is 2. The van der Waals surface area contributed by atoms with E-state index in [2.05, 4.69) is 10.6 Å². The van der Waals surface area contributed by atoms with Crippen LogP contribution in [0.2, 0.25) is 0 Å². The number of methoxy groups -OCH3 is 3. The third kappa shape index (κ3) is 7.10. The molecule has 1 heterocycles. The number of nitrogens with zero attached hydrogens (tertiary/aromatic N) is 2. The number of nitrogens with one attached hydrogen (secondary N) is 2. The highest BCUT2D eigenvalue weighted by Gasteiger charge is 2.16. The molecule has 0 radical (unpaired) electrons. The number of benzene rings is 4. The summed E-state index contributed by atoms with van der Waals surface area (Å²) in [6.45, 7) is 0.0754. The first-order valence-corrected chi connectivity index (χ1v) is 14.6. The molecule has 1 aromatic heterocycles. The first-order chi connectivity index (χ1) is 22.3. The van der Waals surface area contributed by atoms with E-state index < -0.39 is 17.2 Å². The van der Waals surface area contributed by atoms with Crippen molar-refractivity contribution in [2.45, 2.75) is 19.5 Å². The molecule has 0 spiro atoms. The van der Waals surface area contributed by atoms with E-state index in [1.807, 2.05) is 18.2 Å². The maximum atomic E-state index is 13.6. The fourth-order valence-electron chi connectivity index (χ4n) is 5.08. The second-order valence-electron chi connectivity index (χ2n) is 10.4. The van der Waals surface area contributed by atoms with Crippen molar-refractivity contribution in [3.8, 4) is 17.2 Å². The quantitative estimate of drug-likeness (QED) is 0.216. The Kier molecular flexibility index (Phi) is 9.81. The Labute approximate surface area is 265 Å². The van der Waals surface area contributed by atoms with Crippen LogP contribution in [0.4, 0.5) is 5.69 Å². The van der Waals surface area contributed by atoms with Crippen LogP contribution in [0.3, 0.4) is 0 Å². The SMILES string of the molecule is COc1ccc(NC(=O)Cn2c(=O)n(Cc3ccc(C(=O)NCCc4ccc(OC)c(OC)c4)cc3)c(=O)c3ccccc32)cc1. The van der Waals surface area contributed by atoms with Crippen molar-refractivity contribution in [2.75, 3.05) is 33.2 Å². The summed E-state index contributed by atoms with van der Waals surface area (Å²) in [5.41, 5.74) is 1.88. The highest BCUT2D eigenvalue weighted by molar-refractivity contribution is 5.94. The Morgan fingerprint density at radius 2 is 1.43 bits per heavy atom. The van der Waals surface area contributed by atoms with Gasteiger partial charge in [-0.3, -0.25) is 23.5 Å². The number of carbonyl (C=O) groups excluding carboxylic acids is 2. The summed E-state index contributed by atoms with van der Waals surface area (Å²) in [4.78, 5) is 52.7. The van der Waals surface area contributed by atoms with E-state index in [1.165, 1.54) is 4.57 Å². The highest BCUT2D eigenvalue weighted by atomic mass is 16.5. The number of hydrogen-bond donors (Lipinski definition) is 2. The normalized spacial score (nSPS) is 10.8. The number of hydrogen-bond acceptors (Lipinski definition) is 7. The Balaban J connectivity index is 1.29. The van der Waals surface area contributed by atoms with Crippen LogP contribution in [-0.2, 0) is 24.3 Å². The van der Waals surface area contributed by atoms with E-state index in [4.69, 9.17) is 14.2 Å². The van der Waals surface area contributed by atoms with Gasteiger partial charge in [-0.15, -0.1) is 0 Å². The Bertz CT molecular complexity index is 1980. The minimum Gasteiger partial charge on any atom is -0.497 e. The molecule has 0 bridgehead atoms. The molecule has 5 aromatic rings. The second-order valence-corrected chi connectivity index (χ2v) is 10.4. The smallest absolute Gasteiger partial charge is 0.332 e. The molecule has 0 aliphatic heterocycles. The minimum absolute atomic E-state index is 0.0379. The predicted molar refractivity (Wildman–Crippen MR) is 175 cm³/mol. The van der Waals surface area contributed by atoms with Gasteiger partial charge in [0.25, 0.3) is 11.5 Å². The van der Waals surface area contributed by atoms with Crippen LogP contribution >= 0.6 is 0 Å². The van der Waals surface area contributed by atoms with Crippen LogP contribution in [0.25, 0.3) is 10.9 Å². The van der Waals surface area contributed by atoms with Gasteiger partial charge in [0.2, 0.25) is 5.91 Å². The lowest BCUT2D eigenvalue weighted by atomic mass is 10.1. The zero-order chi connectivity index (χ0) is 32.6. The third-order valence-corrected chi connectivity index (χ3v) is 7.51. The Hall–Kier alpha value is -5.84. The number of fused-ring (bicyclic) bond motifs is 1. The Morgan fingerprint density at radius 3 is 2.13 bits per heavy atom. The van der Waals surface area contributed by atoms with Crippen LogP contribution in [0.15, 0.2) is 101 Å². The van der Waals surface area contributed by atoms with E-state index in [-0.39, 0.29) is 19.0 Å². The monoisotopic (exact) mass is 622 g/mol. The van der Waals surface area contributed by atoms with Crippen molar-refractivity contribution in [1.29, 1.82) is 0 Å². The van der Waals surface area contributed by atoms with Gasteiger partial charge in [0.05, 0.1) is 38.8 Å². The molecule has 0 aliphatic carbocycles. The van der Waals surface area contributed by atoms with Crippen LogP contribution < -0.4 is 36.1 Å². The molecule has 0 unspecified atom stereocenters. The van der Waals surface area contributed by atoms with Gasteiger partial charge in [0.15, 0.2) is 11.5 Å². The lowest BCUT2D eigenvalue weighted by molar-refractivity contribution is -0.116. The summed E-state index contributed by atoms with van der Waals surface area (Å²) in [7, 11) is 4.70. The van der Waals surface area contributed by atoms with Crippen LogP contribution in [0, 0.1) is 0 Å². The summed E-state index contributed by atoms with van der Waals surface area (Å²) in [5, 5.41) is 5.99. The average Bonchev–Trinajstić information content (AvgIpc) is 3.09. The maximum Gasteiger partial charge on any atom is 0.332 e. The van der Waals surface area contributed by atoms with Gasteiger partial charge in [-0.2, -0.15) is 0 Å². The number of rotatable bonds is 12. The van der Waals surface area contributed by atoms with Crippen LogP contribution in [-0.4, -0.2) is 48.8 Å². The summed E-state index contributed by atoms with van der Waals surface area (Å²) in [6.07, 6.45) is 0.597. The van der Waals surface area contributed by atoms with Gasteiger partial charge in [0.1, 0.15) is 12.3 Å². The number of ether oxygens (including phenoxy) is 3. The lowest BCUT2D eigenvalue weighted by Crippen LogP contribution is -2.42. The lowest BCUT2D eigenvalue weighted by Gasteiger charge is -2.14. The van der Waals surface area contributed by atoms with Gasteiger partial charge in [-0.25, -0.2) is 4.79 Å². The first kappa shape index (κ1) is 31.6. The minimum atomic E-state index is -0.620. The zero-order valence-electron chi connectivity index (χ0n) is 25.7. The van der Waals surface area contributed by atoms with Gasteiger partial charge >= 0.3 is 5.69 Å². The fraction of sp³-hybridized carbons (Fsp3) is 0.200. The molecule has 0 atom stereocenters. The zero-order valence-corrected chi connectivity index (χ0v) is 25.7. The van der Waals surface area contributed by atoms with Crippen LogP contribution in [0.1, 0.15) is 21.5 Å². The predicted octanol–water partition coefficient (Wildman–Crippen LogP) is 3.85. The summed E-state index contributed by atoms with van der Waals surface area (Å²) in [5.74, 6) is 1.22. The van der Waals surface area contributed by atoms with Crippen molar-refractivity contribution in [3.05, 3.63) is 129 Å². The number of aromatic nitrogens is 2. The van der Waals surface area contributed by atoms with Crippen molar-refractivity contribution in [2.24, 2.45) is 0 Å². The number of carbonyl (C=O) groups is 2. The van der Waals surface area contributed by atoms with E-state index >= 15 is 0 Å². The number of para-hydroxylation sites is 1. The molecule has 4 aromatic carbocycles. The average molecular weight is 623 g/mol. The van der Waals surface area contributed by atoms with Crippen molar-refractivity contribution in [3.63, 3.8) is 0 Å². The molecule has 0 saturated heterocycles. The second kappa shape index (κ2) is 14.3. The topological polar surface area (TPSA) is 130 Å². The molecule has 2 amide bonds. The van der Waals surface area contributed by atoms with Crippen molar-refractivity contribution in [1.82, 2.24) is 14.5 Å². The van der Waals surface area contributed by atoms with Gasteiger partial charge in [0, 0.05) is 17.8 Å².